The number of rotatable bonds is 5. The van der Waals surface area contributed by atoms with E-state index in [4.69, 9.17) is 0 Å². The van der Waals surface area contributed by atoms with Crippen molar-refractivity contribution in [2.45, 2.75) is 20.3 Å². The second-order valence-corrected chi connectivity index (χ2v) is 7.06. The van der Waals surface area contributed by atoms with Gasteiger partial charge >= 0.3 is 0 Å². The van der Waals surface area contributed by atoms with Crippen molar-refractivity contribution in [2.24, 2.45) is 0 Å². The van der Waals surface area contributed by atoms with Crippen LogP contribution in [0, 0.1) is 6.92 Å². The van der Waals surface area contributed by atoms with E-state index in [2.05, 4.69) is 20.6 Å². The first-order chi connectivity index (χ1) is 14.5. The molecule has 0 aliphatic heterocycles. The fourth-order valence-corrected chi connectivity index (χ4v) is 3.26. The number of amides is 2. The van der Waals surface area contributed by atoms with Crippen molar-refractivity contribution in [3.63, 3.8) is 0 Å². The maximum absolute atomic E-state index is 12.6. The lowest BCUT2D eigenvalue weighted by molar-refractivity contribution is -0.116. The number of benzene rings is 2. The van der Waals surface area contributed by atoms with Crippen molar-refractivity contribution in [3.05, 3.63) is 78.2 Å². The third-order valence-electron chi connectivity index (χ3n) is 4.75. The highest BCUT2D eigenvalue weighted by molar-refractivity contribution is 5.92. The number of fused-ring (bicyclic) bond motifs is 1. The lowest BCUT2D eigenvalue weighted by Gasteiger charge is -2.09. The minimum absolute atomic E-state index is 0.114. The fourth-order valence-electron chi connectivity index (χ4n) is 3.26. The molecule has 0 aliphatic rings. The molecule has 0 bridgehead atoms. The van der Waals surface area contributed by atoms with Gasteiger partial charge in [0.2, 0.25) is 11.8 Å². The average Bonchev–Trinajstić information content (AvgIpc) is 3.11. The molecule has 30 heavy (non-hydrogen) atoms. The molecule has 0 spiro atoms. The van der Waals surface area contributed by atoms with E-state index in [-0.39, 0.29) is 18.2 Å². The number of aryl methyl sites for hydroxylation is 1. The Morgan fingerprint density at radius 1 is 1.00 bits per heavy atom. The number of carbonyl (C=O) groups excluding carboxylic acids is 2. The van der Waals surface area contributed by atoms with Gasteiger partial charge in [-0.2, -0.15) is 0 Å². The summed E-state index contributed by atoms with van der Waals surface area (Å²) in [4.78, 5) is 32.7. The number of imidazole rings is 1. The molecule has 2 aromatic carbocycles. The molecular formula is C23H21N5O2. The second kappa shape index (κ2) is 8.16. The van der Waals surface area contributed by atoms with Crippen LogP contribution in [0.5, 0.6) is 0 Å². The predicted octanol–water partition coefficient (Wildman–Crippen LogP) is 3.84. The van der Waals surface area contributed by atoms with Gasteiger partial charge < -0.3 is 10.6 Å². The van der Waals surface area contributed by atoms with E-state index in [1.54, 1.807) is 16.8 Å². The van der Waals surface area contributed by atoms with Crippen molar-refractivity contribution in [1.29, 1.82) is 0 Å². The second-order valence-electron chi connectivity index (χ2n) is 7.06. The first-order valence-electron chi connectivity index (χ1n) is 9.55. The Hall–Kier alpha value is -4.00. The van der Waals surface area contributed by atoms with E-state index in [1.807, 2.05) is 61.7 Å². The zero-order valence-corrected chi connectivity index (χ0v) is 16.7. The van der Waals surface area contributed by atoms with E-state index in [9.17, 15) is 9.59 Å². The molecule has 0 unspecified atom stereocenters. The molecule has 7 nitrogen and oxygen atoms in total. The van der Waals surface area contributed by atoms with Crippen LogP contribution in [0.3, 0.4) is 0 Å². The van der Waals surface area contributed by atoms with Gasteiger partial charge in [-0.25, -0.2) is 4.98 Å². The van der Waals surface area contributed by atoms with Crippen LogP contribution in [-0.2, 0) is 16.0 Å². The van der Waals surface area contributed by atoms with E-state index in [0.29, 0.717) is 22.8 Å². The summed E-state index contributed by atoms with van der Waals surface area (Å²) in [5.74, 6) is 0.325. The maximum Gasteiger partial charge on any atom is 0.229 e. The van der Waals surface area contributed by atoms with E-state index in [1.165, 1.54) is 6.92 Å². The van der Waals surface area contributed by atoms with Crippen LogP contribution in [0.1, 0.15) is 18.1 Å². The summed E-state index contributed by atoms with van der Waals surface area (Å²) in [6.07, 6.45) is 5.37. The summed E-state index contributed by atoms with van der Waals surface area (Å²) >= 11 is 0. The highest BCUT2D eigenvalue weighted by Gasteiger charge is 2.11. The fraction of sp³-hybridized carbons (Fsp3) is 0.130. The zero-order chi connectivity index (χ0) is 21.1. The molecule has 0 fully saturated rings. The van der Waals surface area contributed by atoms with Gasteiger partial charge in [0.15, 0.2) is 5.65 Å². The van der Waals surface area contributed by atoms with Crippen LogP contribution < -0.4 is 10.6 Å². The number of carbonyl (C=O) groups is 2. The maximum atomic E-state index is 12.6. The molecule has 2 aromatic heterocycles. The quantitative estimate of drug-likeness (QED) is 0.534. The number of hydrogen-bond donors (Lipinski definition) is 2. The van der Waals surface area contributed by atoms with Crippen LogP contribution in [0.25, 0.3) is 16.9 Å². The first kappa shape index (κ1) is 19.3. The molecule has 2 heterocycles. The highest BCUT2D eigenvalue weighted by Crippen LogP contribution is 2.23. The Bertz CT molecular complexity index is 1250. The molecule has 0 radical (unpaired) electrons. The summed E-state index contributed by atoms with van der Waals surface area (Å²) in [7, 11) is 0. The molecule has 0 atom stereocenters. The van der Waals surface area contributed by atoms with Gasteiger partial charge in [0.1, 0.15) is 5.82 Å². The molecule has 0 saturated heterocycles. The molecule has 2 N–H and O–H groups in total. The van der Waals surface area contributed by atoms with Crippen molar-refractivity contribution >= 4 is 29.0 Å². The number of nitrogens with zero attached hydrogens (tertiary/aromatic N) is 3. The Kier molecular flexibility index (Phi) is 5.26. The Labute approximate surface area is 173 Å². The van der Waals surface area contributed by atoms with Crippen LogP contribution in [0.15, 0.2) is 67.1 Å². The number of aromatic nitrogens is 3. The van der Waals surface area contributed by atoms with Crippen LogP contribution in [0.2, 0.25) is 0 Å². The lowest BCUT2D eigenvalue weighted by atomic mass is 10.1. The van der Waals surface area contributed by atoms with Gasteiger partial charge in [0.25, 0.3) is 0 Å². The third-order valence-corrected chi connectivity index (χ3v) is 4.75. The minimum atomic E-state index is -0.135. The lowest BCUT2D eigenvalue weighted by Crippen LogP contribution is -2.16. The van der Waals surface area contributed by atoms with Gasteiger partial charge in [-0.3, -0.25) is 19.0 Å². The molecule has 150 valence electrons. The monoisotopic (exact) mass is 399 g/mol. The Morgan fingerprint density at radius 3 is 2.63 bits per heavy atom. The standard InChI is InChI=1S/C23H21N5O2/c1-15-6-3-4-7-17(15)11-23(30)27-22-13-25-21-12-24-20(14-28(21)22)18-8-5-9-19(10-18)26-16(2)29/h3-10,12-14H,11H2,1-2H3,(H,26,29)(H,27,30). The van der Waals surface area contributed by atoms with Gasteiger partial charge in [0, 0.05) is 24.4 Å². The summed E-state index contributed by atoms with van der Waals surface area (Å²) in [6, 6.07) is 15.3. The summed E-state index contributed by atoms with van der Waals surface area (Å²) in [6.45, 7) is 3.46. The van der Waals surface area contributed by atoms with Crippen molar-refractivity contribution < 1.29 is 9.59 Å². The van der Waals surface area contributed by atoms with Gasteiger partial charge in [0.05, 0.1) is 24.5 Å². The van der Waals surface area contributed by atoms with Crippen LogP contribution in [-0.4, -0.2) is 26.2 Å². The van der Waals surface area contributed by atoms with E-state index >= 15 is 0 Å². The largest absolute Gasteiger partial charge is 0.326 e. The summed E-state index contributed by atoms with van der Waals surface area (Å²) in [5.41, 5.74) is 4.93. The zero-order valence-electron chi connectivity index (χ0n) is 16.7. The number of hydrogen-bond acceptors (Lipinski definition) is 4. The van der Waals surface area contributed by atoms with E-state index < -0.39 is 0 Å². The van der Waals surface area contributed by atoms with Gasteiger partial charge in [-0.1, -0.05) is 36.4 Å². The molecule has 7 heteroatoms. The average molecular weight is 399 g/mol. The van der Waals surface area contributed by atoms with Crippen molar-refractivity contribution in [3.8, 4) is 11.3 Å². The SMILES string of the molecule is CC(=O)Nc1cccc(-c2cn3c(NC(=O)Cc4ccccc4C)cnc3cn2)c1. The third kappa shape index (κ3) is 4.20. The predicted molar refractivity (Wildman–Crippen MR) is 116 cm³/mol. The normalized spacial score (nSPS) is 10.7. The first-order valence-corrected chi connectivity index (χ1v) is 9.55. The van der Waals surface area contributed by atoms with Crippen LogP contribution >= 0.6 is 0 Å². The van der Waals surface area contributed by atoms with Gasteiger partial charge in [-0.15, -0.1) is 0 Å². The molecule has 0 saturated carbocycles. The molecule has 4 aromatic rings. The molecule has 4 rings (SSSR count). The summed E-state index contributed by atoms with van der Waals surface area (Å²) in [5, 5.41) is 5.70. The highest BCUT2D eigenvalue weighted by atomic mass is 16.2. The smallest absolute Gasteiger partial charge is 0.229 e. The minimum Gasteiger partial charge on any atom is -0.326 e. The topological polar surface area (TPSA) is 88.4 Å². The molecule has 2 amide bonds. The molecular weight excluding hydrogens is 378 g/mol. The van der Waals surface area contributed by atoms with Crippen molar-refractivity contribution in [2.75, 3.05) is 10.6 Å². The molecule has 0 aliphatic carbocycles. The number of nitrogens with one attached hydrogen (secondary N) is 2. The number of anilines is 2. The van der Waals surface area contributed by atoms with Gasteiger partial charge in [-0.05, 0) is 30.2 Å². The summed E-state index contributed by atoms with van der Waals surface area (Å²) < 4.78 is 1.79. The van der Waals surface area contributed by atoms with Crippen LogP contribution in [0.4, 0.5) is 11.5 Å². The Morgan fingerprint density at radius 2 is 1.83 bits per heavy atom. The van der Waals surface area contributed by atoms with Crippen molar-refractivity contribution in [1.82, 2.24) is 14.4 Å². The Balaban J connectivity index is 1.60. The van der Waals surface area contributed by atoms with E-state index in [0.717, 1.165) is 16.7 Å².